The Labute approximate surface area is 87.9 Å². The zero-order valence-electron chi connectivity index (χ0n) is 9.97. The second-order valence-electron chi connectivity index (χ2n) is 4.44. The highest BCUT2D eigenvalue weighted by atomic mass is 16.1. The summed E-state index contributed by atoms with van der Waals surface area (Å²) in [5.41, 5.74) is 0. The van der Waals surface area contributed by atoms with Crippen LogP contribution >= 0.6 is 0 Å². The summed E-state index contributed by atoms with van der Waals surface area (Å²) in [5.74, 6) is 0.806. The van der Waals surface area contributed by atoms with Gasteiger partial charge < -0.3 is 10.2 Å². The first-order valence-corrected chi connectivity index (χ1v) is 5.43. The van der Waals surface area contributed by atoms with Crippen molar-refractivity contribution in [3.63, 3.8) is 0 Å². The molecule has 0 unspecified atom stereocenters. The van der Waals surface area contributed by atoms with Gasteiger partial charge in [-0.2, -0.15) is 0 Å². The van der Waals surface area contributed by atoms with Crippen LogP contribution in [0.15, 0.2) is 0 Å². The number of nitrogens with one attached hydrogen (secondary N) is 1. The summed E-state index contributed by atoms with van der Waals surface area (Å²) in [6, 6.07) is 0. The lowest BCUT2D eigenvalue weighted by molar-refractivity contribution is -0.121. The molecule has 14 heavy (non-hydrogen) atoms. The van der Waals surface area contributed by atoms with E-state index in [1.165, 1.54) is 0 Å². The van der Waals surface area contributed by atoms with Crippen molar-refractivity contribution in [1.82, 2.24) is 10.2 Å². The van der Waals surface area contributed by atoms with Crippen molar-refractivity contribution in [3.8, 4) is 0 Å². The second kappa shape index (κ2) is 7.80. The number of carbonyl (C=O) groups excluding carboxylic acids is 1. The number of hydrogen-bond donors (Lipinski definition) is 1. The van der Waals surface area contributed by atoms with E-state index >= 15 is 0 Å². The van der Waals surface area contributed by atoms with Gasteiger partial charge in [0.15, 0.2) is 0 Å². The molecule has 0 aliphatic heterocycles. The standard InChI is InChI=1S/C11H24N2O/c1-10(2)6-7-11(14)12-8-5-9-13(3)4/h10H,5-9H2,1-4H3,(H,12,14). The first-order chi connectivity index (χ1) is 6.52. The third-order valence-corrected chi connectivity index (χ3v) is 2.05. The summed E-state index contributed by atoms with van der Waals surface area (Å²) in [6.45, 7) is 6.11. The Morgan fingerprint density at radius 1 is 1.36 bits per heavy atom. The highest BCUT2D eigenvalue weighted by Crippen LogP contribution is 2.02. The topological polar surface area (TPSA) is 32.3 Å². The van der Waals surface area contributed by atoms with Gasteiger partial charge in [0.1, 0.15) is 0 Å². The maximum absolute atomic E-state index is 11.3. The quantitative estimate of drug-likeness (QED) is 0.632. The fourth-order valence-electron chi connectivity index (χ4n) is 1.13. The van der Waals surface area contributed by atoms with Gasteiger partial charge in [0.25, 0.3) is 0 Å². The van der Waals surface area contributed by atoms with E-state index in [2.05, 4.69) is 24.1 Å². The van der Waals surface area contributed by atoms with E-state index < -0.39 is 0 Å². The van der Waals surface area contributed by atoms with Crippen LogP contribution in [0.2, 0.25) is 0 Å². The number of nitrogens with zero attached hydrogens (tertiary/aromatic N) is 1. The molecule has 0 aromatic heterocycles. The highest BCUT2D eigenvalue weighted by Gasteiger charge is 2.02. The highest BCUT2D eigenvalue weighted by molar-refractivity contribution is 5.75. The molecule has 0 heterocycles. The molecule has 0 aliphatic carbocycles. The van der Waals surface area contributed by atoms with Crippen molar-refractivity contribution in [2.24, 2.45) is 5.92 Å². The molecular weight excluding hydrogens is 176 g/mol. The molecule has 1 N–H and O–H groups in total. The molecule has 0 aromatic carbocycles. The minimum absolute atomic E-state index is 0.192. The monoisotopic (exact) mass is 200 g/mol. The molecule has 0 saturated carbocycles. The molecule has 0 fully saturated rings. The maximum Gasteiger partial charge on any atom is 0.220 e. The van der Waals surface area contributed by atoms with Gasteiger partial charge in [0, 0.05) is 13.0 Å². The van der Waals surface area contributed by atoms with Crippen molar-refractivity contribution in [3.05, 3.63) is 0 Å². The molecule has 0 rings (SSSR count). The minimum atomic E-state index is 0.192. The van der Waals surface area contributed by atoms with Crippen LogP contribution in [0.4, 0.5) is 0 Å². The first kappa shape index (κ1) is 13.4. The van der Waals surface area contributed by atoms with E-state index in [1.54, 1.807) is 0 Å². The molecule has 0 bridgehead atoms. The maximum atomic E-state index is 11.3. The van der Waals surface area contributed by atoms with Crippen LogP contribution in [0.1, 0.15) is 33.1 Å². The van der Waals surface area contributed by atoms with Gasteiger partial charge in [-0.1, -0.05) is 13.8 Å². The average molecular weight is 200 g/mol. The summed E-state index contributed by atoms with van der Waals surface area (Å²) in [7, 11) is 4.08. The fourth-order valence-corrected chi connectivity index (χ4v) is 1.13. The lowest BCUT2D eigenvalue weighted by Gasteiger charge is -2.10. The van der Waals surface area contributed by atoms with Crippen LogP contribution in [0.25, 0.3) is 0 Å². The molecule has 1 amide bonds. The Hall–Kier alpha value is -0.570. The van der Waals surface area contributed by atoms with Gasteiger partial charge in [0.2, 0.25) is 5.91 Å². The normalized spacial score (nSPS) is 11.0. The van der Waals surface area contributed by atoms with Crippen LogP contribution in [0.5, 0.6) is 0 Å². The molecule has 0 aliphatic rings. The first-order valence-electron chi connectivity index (χ1n) is 5.43. The van der Waals surface area contributed by atoms with E-state index in [4.69, 9.17) is 0 Å². The largest absolute Gasteiger partial charge is 0.356 e. The van der Waals surface area contributed by atoms with Gasteiger partial charge in [-0.25, -0.2) is 0 Å². The summed E-state index contributed by atoms with van der Waals surface area (Å²) in [6.07, 6.45) is 2.68. The zero-order valence-corrected chi connectivity index (χ0v) is 9.97. The molecule has 0 aromatic rings. The van der Waals surface area contributed by atoms with Crippen molar-refractivity contribution < 1.29 is 4.79 Å². The predicted octanol–water partition coefficient (Wildman–Crippen LogP) is 1.49. The summed E-state index contributed by atoms with van der Waals surface area (Å²) >= 11 is 0. The lowest BCUT2D eigenvalue weighted by Crippen LogP contribution is -2.27. The van der Waals surface area contributed by atoms with E-state index in [1.807, 2.05) is 14.1 Å². The van der Waals surface area contributed by atoms with E-state index in [-0.39, 0.29) is 5.91 Å². The third kappa shape index (κ3) is 9.52. The summed E-state index contributed by atoms with van der Waals surface area (Å²) in [5, 5.41) is 2.93. The van der Waals surface area contributed by atoms with Gasteiger partial charge in [-0.05, 0) is 39.4 Å². The SMILES string of the molecule is CC(C)CCC(=O)NCCCN(C)C. The average Bonchev–Trinajstić information content (AvgIpc) is 2.08. The molecule has 0 saturated heterocycles. The van der Waals surface area contributed by atoms with Crippen LogP contribution in [-0.4, -0.2) is 38.0 Å². The molecule has 0 spiro atoms. The Balaban J connectivity index is 3.27. The summed E-state index contributed by atoms with van der Waals surface area (Å²) < 4.78 is 0. The Morgan fingerprint density at radius 2 is 2.00 bits per heavy atom. The number of carbonyl (C=O) groups is 1. The Kier molecular flexibility index (Phi) is 7.48. The summed E-state index contributed by atoms with van der Waals surface area (Å²) in [4.78, 5) is 13.4. The molecule has 3 heteroatoms. The third-order valence-electron chi connectivity index (χ3n) is 2.05. The lowest BCUT2D eigenvalue weighted by atomic mass is 10.1. The van der Waals surface area contributed by atoms with Crippen LogP contribution in [0, 0.1) is 5.92 Å². The van der Waals surface area contributed by atoms with Crippen LogP contribution < -0.4 is 5.32 Å². The molecule has 84 valence electrons. The minimum Gasteiger partial charge on any atom is -0.356 e. The van der Waals surface area contributed by atoms with Crippen molar-refractivity contribution in [1.29, 1.82) is 0 Å². The smallest absolute Gasteiger partial charge is 0.220 e. The molecular formula is C11H24N2O. The van der Waals surface area contributed by atoms with E-state index in [0.717, 1.165) is 25.9 Å². The Morgan fingerprint density at radius 3 is 2.50 bits per heavy atom. The predicted molar refractivity (Wildman–Crippen MR) is 60.3 cm³/mol. The molecule has 0 radical (unpaired) electrons. The second-order valence-corrected chi connectivity index (χ2v) is 4.44. The van der Waals surface area contributed by atoms with Crippen molar-refractivity contribution in [2.45, 2.75) is 33.1 Å². The molecule has 3 nitrogen and oxygen atoms in total. The molecule has 0 atom stereocenters. The van der Waals surface area contributed by atoms with Crippen molar-refractivity contribution in [2.75, 3.05) is 27.2 Å². The van der Waals surface area contributed by atoms with Crippen molar-refractivity contribution >= 4 is 5.91 Å². The van der Waals surface area contributed by atoms with Gasteiger partial charge in [-0.15, -0.1) is 0 Å². The van der Waals surface area contributed by atoms with Gasteiger partial charge in [-0.3, -0.25) is 4.79 Å². The van der Waals surface area contributed by atoms with E-state index in [0.29, 0.717) is 12.3 Å². The van der Waals surface area contributed by atoms with Crippen LogP contribution in [-0.2, 0) is 4.79 Å². The van der Waals surface area contributed by atoms with Crippen LogP contribution in [0.3, 0.4) is 0 Å². The van der Waals surface area contributed by atoms with Gasteiger partial charge >= 0.3 is 0 Å². The number of rotatable bonds is 7. The van der Waals surface area contributed by atoms with Gasteiger partial charge in [0.05, 0.1) is 0 Å². The Bertz CT molecular complexity index is 155. The zero-order chi connectivity index (χ0) is 11.0. The van der Waals surface area contributed by atoms with E-state index in [9.17, 15) is 4.79 Å². The number of amides is 1. The fraction of sp³-hybridized carbons (Fsp3) is 0.909. The number of hydrogen-bond acceptors (Lipinski definition) is 2.